The SMILES string of the molecule is COc1ccc(Cl)c(Nc2nc3ccccc3nc2NS(=O)(=O)c2cccc(C(=O)NCCCN3CCOCC3)c2)c1. The van der Waals surface area contributed by atoms with E-state index in [1.165, 1.54) is 25.3 Å². The monoisotopic (exact) mass is 610 g/mol. The fraction of sp³-hybridized carbons (Fsp3) is 0.276. The van der Waals surface area contributed by atoms with Gasteiger partial charge in [0.05, 0.1) is 47.0 Å². The highest BCUT2D eigenvalue weighted by Crippen LogP contribution is 2.32. The van der Waals surface area contributed by atoms with E-state index >= 15 is 0 Å². The zero-order valence-corrected chi connectivity index (χ0v) is 24.5. The Kier molecular flexibility index (Phi) is 9.38. The minimum atomic E-state index is -4.16. The first-order valence-electron chi connectivity index (χ1n) is 13.4. The summed E-state index contributed by atoms with van der Waals surface area (Å²) in [5, 5.41) is 6.33. The number of para-hydroxylation sites is 2. The van der Waals surface area contributed by atoms with Gasteiger partial charge in [0.25, 0.3) is 15.9 Å². The highest BCUT2D eigenvalue weighted by molar-refractivity contribution is 7.92. The van der Waals surface area contributed by atoms with Crippen LogP contribution in [0.25, 0.3) is 11.0 Å². The van der Waals surface area contributed by atoms with E-state index in [1.807, 2.05) is 6.07 Å². The van der Waals surface area contributed by atoms with Gasteiger partial charge in [-0.05, 0) is 55.4 Å². The molecule has 0 saturated carbocycles. The summed E-state index contributed by atoms with van der Waals surface area (Å²) in [7, 11) is -2.63. The van der Waals surface area contributed by atoms with Crippen molar-refractivity contribution < 1.29 is 22.7 Å². The van der Waals surface area contributed by atoms with Gasteiger partial charge in [0.2, 0.25) is 0 Å². The average molecular weight is 611 g/mol. The van der Waals surface area contributed by atoms with Crippen LogP contribution in [-0.4, -0.2) is 75.7 Å². The number of sulfonamides is 1. The van der Waals surface area contributed by atoms with Crippen LogP contribution in [0, 0.1) is 0 Å². The third-order valence-electron chi connectivity index (χ3n) is 6.68. The predicted molar refractivity (Wildman–Crippen MR) is 162 cm³/mol. The molecule has 11 nitrogen and oxygen atoms in total. The van der Waals surface area contributed by atoms with Crippen molar-refractivity contribution in [1.82, 2.24) is 20.2 Å². The number of hydrogen-bond acceptors (Lipinski definition) is 9. The van der Waals surface area contributed by atoms with E-state index in [9.17, 15) is 13.2 Å². The Morgan fingerprint density at radius 3 is 2.48 bits per heavy atom. The van der Waals surface area contributed by atoms with E-state index in [0.29, 0.717) is 34.0 Å². The van der Waals surface area contributed by atoms with Crippen LogP contribution in [0.3, 0.4) is 0 Å². The van der Waals surface area contributed by atoms with Crippen molar-refractivity contribution in [2.75, 3.05) is 56.5 Å². The van der Waals surface area contributed by atoms with E-state index in [-0.39, 0.29) is 28.0 Å². The molecule has 2 heterocycles. The number of morpholine rings is 1. The number of ether oxygens (including phenoxy) is 2. The van der Waals surface area contributed by atoms with Crippen molar-refractivity contribution in [2.24, 2.45) is 0 Å². The summed E-state index contributed by atoms with van der Waals surface area (Å²) >= 11 is 6.38. The van der Waals surface area contributed by atoms with Crippen molar-refractivity contribution in [3.05, 3.63) is 77.3 Å². The summed E-state index contributed by atoms with van der Waals surface area (Å²) in [6.07, 6.45) is 0.777. The number of benzene rings is 3. The van der Waals surface area contributed by atoms with Crippen LogP contribution in [0.1, 0.15) is 16.8 Å². The summed E-state index contributed by atoms with van der Waals surface area (Å²) in [6, 6.07) is 18.0. The maximum absolute atomic E-state index is 13.5. The van der Waals surface area contributed by atoms with Gasteiger partial charge in [-0.2, -0.15) is 0 Å². The van der Waals surface area contributed by atoms with Gasteiger partial charge in [-0.15, -0.1) is 0 Å². The Morgan fingerprint density at radius 2 is 1.74 bits per heavy atom. The number of rotatable bonds is 11. The van der Waals surface area contributed by atoms with Crippen molar-refractivity contribution in [2.45, 2.75) is 11.3 Å². The molecule has 1 aromatic heterocycles. The van der Waals surface area contributed by atoms with Crippen molar-refractivity contribution >= 4 is 55.9 Å². The van der Waals surface area contributed by atoms with E-state index in [2.05, 4.69) is 30.2 Å². The van der Waals surface area contributed by atoms with Crippen LogP contribution in [0.2, 0.25) is 5.02 Å². The van der Waals surface area contributed by atoms with Crippen LogP contribution in [0.4, 0.5) is 17.3 Å². The smallest absolute Gasteiger partial charge is 0.263 e. The Bertz CT molecular complexity index is 1680. The summed E-state index contributed by atoms with van der Waals surface area (Å²) in [4.78, 5) is 24.1. The molecular weight excluding hydrogens is 580 g/mol. The predicted octanol–water partition coefficient (Wildman–Crippen LogP) is 4.29. The molecule has 5 rings (SSSR count). The Balaban J connectivity index is 1.34. The van der Waals surface area contributed by atoms with Crippen molar-refractivity contribution in [1.29, 1.82) is 0 Å². The van der Waals surface area contributed by atoms with Crippen molar-refractivity contribution in [3.8, 4) is 5.75 Å². The number of halogens is 1. The first-order chi connectivity index (χ1) is 20.3. The average Bonchev–Trinajstić information content (AvgIpc) is 3.01. The second-order valence-corrected chi connectivity index (χ2v) is 11.7. The number of anilines is 3. The quantitative estimate of drug-likeness (QED) is 0.213. The molecule has 220 valence electrons. The van der Waals surface area contributed by atoms with Gasteiger partial charge in [0, 0.05) is 31.3 Å². The molecule has 4 aromatic rings. The first kappa shape index (κ1) is 29.5. The summed E-state index contributed by atoms with van der Waals surface area (Å²) in [5.74, 6) is 0.302. The van der Waals surface area contributed by atoms with Gasteiger partial charge in [-0.1, -0.05) is 29.8 Å². The fourth-order valence-corrected chi connectivity index (χ4v) is 5.65. The minimum Gasteiger partial charge on any atom is -0.497 e. The van der Waals surface area contributed by atoms with Crippen molar-refractivity contribution in [3.63, 3.8) is 0 Å². The molecule has 13 heteroatoms. The molecule has 1 fully saturated rings. The topological polar surface area (TPSA) is 135 Å². The largest absolute Gasteiger partial charge is 0.497 e. The maximum Gasteiger partial charge on any atom is 0.263 e. The molecule has 3 N–H and O–H groups in total. The lowest BCUT2D eigenvalue weighted by Crippen LogP contribution is -2.38. The van der Waals surface area contributed by atoms with Gasteiger partial charge < -0.3 is 20.1 Å². The molecule has 1 aliphatic heterocycles. The molecule has 1 aliphatic rings. The van der Waals surface area contributed by atoms with E-state index in [4.69, 9.17) is 21.1 Å². The highest BCUT2D eigenvalue weighted by Gasteiger charge is 2.21. The summed E-state index contributed by atoms with van der Waals surface area (Å²) in [5.41, 5.74) is 1.72. The lowest BCUT2D eigenvalue weighted by Gasteiger charge is -2.26. The molecule has 0 aliphatic carbocycles. The molecule has 3 aromatic carbocycles. The molecule has 0 unspecified atom stereocenters. The molecule has 0 spiro atoms. The number of hydrogen-bond donors (Lipinski definition) is 3. The van der Waals surface area contributed by atoms with E-state index < -0.39 is 10.0 Å². The second kappa shape index (κ2) is 13.3. The van der Waals surface area contributed by atoms with Gasteiger partial charge in [-0.25, -0.2) is 18.4 Å². The molecule has 0 bridgehead atoms. The van der Waals surface area contributed by atoms with Crippen LogP contribution in [0.15, 0.2) is 71.6 Å². The van der Waals surface area contributed by atoms with Gasteiger partial charge in [0.15, 0.2) is 11.6 Å². The molecular formula is C29H31ClN6O5S. The van der Waals surface area contributed by atoms with Gasteiger partial charge >= 0.3 is 0 Å². The number of nitrogens with zero attached hydrogens (tertiary/aromatic N) is 3. The van der Waals surface area contributed by atoms with Crippen LogP contribution in [-0.2, 0) is 14.8 Å². The van der Waals surface area contributed by atoms with E-state index in [0.717, 1.165) is 39.3 Å². The number of aromatic nitrogens is 2. The second-order valence-electron chi connectivity index (χ2n) is 9.58. The Labute approximate surface area is 249 Å². The van der Waals surface area contributed by atoms with Crippen LogP contribution in [0.5, 0.6) is 5.75 Å². The van der Waals surface area contributed by atoms with Crippen LogP contribution < -0.4 is 20.1 Å². The number of fused-ring (bicyclic) bond motifs is 1. The zero-order valence-electron chi connectivity index (χ0n) is 23.0. The number of carbonyl (C=O) groups excluding carboxylic acids is 1. The van der Waals surface area contributed by atoms with Gasteiger partial charge in [0.1, 0.15) is 5.75 Å². The standard InChI is InChI=1S/C29H31ClN6O5S/c1-40-21-10-11-23(30)26(19-21)34-27-28(33-25-9-3-2-8-24(25)32-27)35-42(38,39)22-7-4-6-20(18-22)29(37)31-12-5-13-36-14-16-41-17-15-36/h2-4,6-11,18-19H,5,12-17H2,1H3,(H,31,37)(H,32,34)(H,33,35). The van der Waals surface area contributed by atoms with E-state index in [1.54, 1.807) is 42.5 Å². The minimum absolute atomic E-state index is 0.0365. The number of methoxy groups -OCH3 is 1. The number of carbonyl (C=O) groups is 1. The van der Waals surface area contributed by atoms with Crippen LogP contribution >= 0.6 is 11.6 Å². The highest BCUT2D eigenvalue weighted by atomic mass is 35.5. The fourth-order valence-electron chi connectivity index (χ4n) is 4.44. The first-order valence-corrected chi connectivity index (χ1v) is 15.3. The molecule has 0 atom stereocenters. The summed E-state index contributed by atoms with van der Waals surface area (Å²) in [6.45, 7) is 4.53. The lowest BCUT2D eigenvalue weighted by atomic mass is 10.2. The Morgan fingerprint density at radius 1 is 1.00 bits per heavy atom. The molecule has 1 amide bonds. The third kappa shape index (κ3) is 7.26. The zero-order chi connectivity index (χ0) is 29.5. The normalized spacial score (nSPS) is 14.0. The number of amides is 1. The Hall–Kier alpha value is -3.97. The lowest BCUT2D eigenvalue weighted by molar-refractivity contribution is 0.0374. The molecule has 0 radical (unpaired) electrons. The number of nitrogens with one attached hydrogen (secondary N) is 3. The molecule has 1 saturated heterocycles. The van der Waals surface area contributed by atoms with Gasteiger partial charge in [-0.3, -0.25) is 14.4 Å². The maximum atomic E-state index is 13.5. The summed E-state index contributed by atoms with van der Waals surface area (Å²) < 4.78 is 40.2. The molecule has 42 heavy (non-hydrogen) atoms. The third-order valence-corrected chi connectivity index (χ3v) is 8.34.